The summed E-state index contributed by atoms with van der Waals surface area (Å²) in [5, 5.41) is 5.03. The van der Waals surface area contributed by atoms with Crippen LogP contribution in [0.2, 0.25) is 0 Å². The molecule has 0 saturated heterocycles. The van der Waals surface area contributed by atoms with Crippen LogP contribution in [0.5, 0.6) is 46.0 Å². The molecule has 8 bridgehead atoms. The molecule has 0 fully saturated rings. The zero-order valence-electron chi connectivity index (χ0n) is 23.6. The number of rotatable bonds is 8. The second-order valence-electron chi connectivity index (χ2n) is 8.59. The van der Waals surface area contributed by atoms with E-state index in [0.29, 0.717) is 88.8 Å². The molecule has 4 N–H and O–H groups in total. The molecule has 0 aromatic carbocycles. The van der Waals surface area contributed by atoms with Crippen LogP contribution in [0.1, 0.15) is 0 Å². The number of H-pyrrole nitrogens is 4. The zero-order valence-corrected chi connectivity index (χ0v) is 23.6. The Bertz CT molecular complexity index is 1720. The summed E-state index contributed by atoms with van der Waals surface area (Å²) in [4.78, 5) is 13.6. The lowest BCUT2D eigenvalue weighted by Crippen LogP contribution is -2.09. The third-order valence-corrected chi connectivity index (χ3v) is 6.72. The van der Waals surface area contributed by atoms with Crippen molar-refractivity contribution in [2.45, 2.75) is 0 Å². The number of ether oxygens (including phenoxy) is 8. The van der Waals surface area contributed by atoms with E-state index in [2.05, 4.69) is 19.9 Å². The number of nitrogens with one attached hydrogen (secondary N) is 4. The summed E-state index contributed by atoms with van der Waals surface area (Å²) in [6.45, 7) is 0. The second kappa shape index (κ2) is 10.6. The Kier molecular flexibility index (Phi) is 7.07. The van der Waals surface area contributed by atoms with E-state index >= 15 is 0 Å². The van der Waals surface area contributed by atoms with Gasteiger partial charge in [-0.2, -0.15) is 0 Å². The van der Waals surface area contributed by atoms with Crippen LogP contribution >= 0.6 is 0 Å². The van der Waals surface area contributed by atoms with Crippen LogP contribution in [-0.4, -0.2) is 76.8 Å². The van der Waals surface area contributed by atoms with Crippen molar-refractivity contribution in [1.29, 1.82) is 0 Å². The second-order valence-corrected chi connectivity index (χ2v) is 8.59. The van der Waals surface area contributed by atoms with Crippen LogP contribution in [0.4, 0.5) is 0 Å². The largest absolute Gasteiger partial charge is 0.491 e. The number of aromatic nitrogens is 4. The van der Waals surface area contributed by atoms with E-state index in [0.717, 1.165) is 0 Å². The average Bonchev–Trinajstić information content (AvgIpc) is 3.71. The maximum absolute atomic E-state index is 5.78. The van der Waals surface area contributed by atoms with Gasteiger partial charge in [0.05, 0.1) is 78.3 Å². The topological polar surface area (TPSA) is 137 Å². The zero-order chi connectivity index (χ0) is 28.6. The van der Waals surface area contributed by atoms with Gasteiger partial charge in [-0.3, -0.25) is 0 Å². The minimum Gasteiger partial charge on any atom is -0.491 e. The number of hydrogen-bond acceptors (Lipinski definition) is 8. The third kappa shape index (κ3) is 3.91. The molecule has 12 nitrogen and oxygen atoms in total. The first kappa shape index (κ1) is 26.6. The van der Waals surface area contributed by atoms with Crippen LogP contribution in [0, 0.1) is 21.4 Å². The molecule has 4 aromatic rings. The van der Waals surface area contributed by atoms with E-state index in [-0.39, 0.29) is 0 Å². The standard InChI is InChI=1S/C28H32N4O8/c1-33-21-13-9-10-14-22(34-2)27(39-7)19(31-14)20-28(40-8)24(36-4)16(32-20)12-11-15-23(35-3)26(38-6)18(30-15)17(29-13)25(21)37-5/h9-12,29-32H,1-8H3. The van der Waals surface area contributed by atoms with Gasteiger partial charge in [0.15, 0.2) is 46.0 Å². The van der Waals surface area contributed by atoms with Gasteiger partial charge in [0.1, 0.15) is 21.4 Å². The molecule has 0 unspecified atom stereocenters. The highest BCUT2D eigenvalue weighted by Gasteiger charge is 2.19. The van der Waals surface area contributed by atoms with Gasteiger partial charge in [0.25, 0.3) is 0 Å². The summed E-state index contributed by atoms with van der Waals surface area (Å²) >= 11 is 0. The van der Waals surface area contributed by atoms with Crippen LogP contribution in [0.25, 0.3) is 24.3 Å². The molecule has 4 aromatic heterocycles. The Labute approximate surface area is 228 Å². The van der Waals surface area contributed by atoms with E-state index in [9.17, 15) is 0 Å². The fourth-order valence-electron chi connectivity index (χ4n) is 5.03. The molecule has 5 heterocycles. The first-order chi connectivity index (χ1) is 19.5. The Morgan fingerprint density at radius 2 is 0.475 bits per heavy atom. The van der Waals surface area contributed by atoms with Crippen LogP contribution < -0.4 is 59.3 Å². The molecule has 12 heteroatoms. The molecule has 0 radical (unpaired) electrons. The van der Waals surface area contributed by atoms with Gasteiger partial charge >= 0.3 is 0 Å². The fraction of sp³-hybridized carbons (Fsp3) is 0.286. The van der Waals surface area contributed by atoms with Gasteiger partial charge in [0.2, 0.25) is 0 Å². The van der Waals surface area contributed by atoms with Gasteiger partial charge in [-0.15, -0.1) is 0 Å². The molecule has 40 heavy (non-hydrogen) atoms. The lowest BCUT2D eigenvalue weighted by atomic mass is 10.3. The van der Waals surface area contributed by atoms with Crippen LogP contribution in [0.3, 0.4) is 0 Å². The maximum Gasteiger partial charge on any atom is 0.188 e. The lowest BCUT2D eigenvalue weighted by Gasteiger charge is -2.02. The van der Waals surface area contributed by atoms with Crippen molar-refractivity contribution < 1.29 is 37.9 Å². The van der Waals surface area contributed by atoms with E-state index < -0.39 is 0 Å². The Balaban J connectivity index is 2.14. The van der Waals surface area contributed by atoms with Crippen molar-refractivity contribution in [2.75, 3.05) is 56.9 Å². The van der Waals surface area contributed by atoms with Crippen molar-refractivity contribution in [3.8, 4) is 46.0 Å². The average molecular weight is 553 g/mol. The number of aromatic amines is 4. The lowest BCUT2D eigenvalue weighted by molar-refractivity contribution is 0.350. The molecule has 5 rings (SSSR count). The SMILES string of the molecule is COc1c(OC)c2[nH]c1=CC=c1[nH]c(c(OC)c1OC)=c1[nH]c(c(OC)c1OC)=CC=c1[nH]c=2c(OC)c1OC. The number of hydrogen-bond donors (Lipinski definition) is 4. The molecule has 1 aliphatic rings. The van der Waals surface area contributed by atoms with Crippen LogP contribution in [-0.2, 0) is 0 Å². The molecular formula is C28H32N4O8. The molecule has 0 saturated carbocycles. The first-order valence-electron chi connectivity index (χ1n) is 12.2. The molecule has 0 spiro atoms. The highest BCUT2D eigenvalue weighted by Crippen LogP contribution is 2.31. The van der Waals surface area contributed by atoms with Crippen LogP contribution in [0.15, 0.2) is 0 Å². The van der Waals surface area contributed by atoms with E-state index in [1.807, 2.05) is 24.3 Å². The monoisotopic (exact) mass is 552 g/mol. The molecule has 1 aliphatic heterocycles. The van der Waals surface area contributed by atoms with E-state index in [4.69, 9.17) is 37.9 Å². The van der Waals surface area contributed by atoms with Crippen molar-refractivity contribution in [2.24, 2.45) is 0 Å². The predicted molar refractivity (Wildman–Crippen MR) is 147 cm³/mol. The van der Waals surface area contributed by atoms with Gasteiger partial charge < -0.3 is 57.8 Å². The summed E-state index contributed by atoms with van der Waals surface area (Å²) in [7, 11) is 12.6. The highest BCUT2D eigenvalue weighted by atomic mass is 16.5. The quantitative estimate of drug-likeness (QED) is 0.248. The van der Waals surface area contributed by atoms with Crippen molar-refractivity contribution in [3.05, 3.63) is 42.8 Å². The van der Waals surface area contributed by atoms with Gasteiger partial charge in [0, 0.05) is 0 Å². The minimum absolute atomic E-state index is 0.487. The molecule has 0 amide bonds. The summed E-state index contributed by atoms with van der Waals surface area (Å²) in [5.41, 5.74) is 0. The van der Waals surface area contributed by atoms with Gasteiger partial charge in [-0.05, 0) is 24.3 Å². The van der Waals surface area contributed by atoms with Crippen molar-refractivity contribution in [1.82, 2.24) is 19.9 Å². The molecule has 0 atom stereocenters. The Hall–Kier alpha value is -5.00. The van der Waals surface area contributed by atoms with Crippen molar-refractivity contribution >= 4 is 24.3 Å². The van der Waals surface area contributed by atoms with Gasteiger partial charge in [-0.1, -0.05) is 0 Å². The first-order valence-corrected chi connectivity index (χ1v) is 12.2. The highest BCUT2D eigenvalue weighted by molar-refractivity contribution is 5.67. The third-order valence-electron chi connectivity index (χ3n) is 6.72. The van der Waals surface area contributed by atoms with Gasteiger partial charge in [-0.25, -0.2) is 0 Å². The summed E-state index contributed by atoms with van der Waals surface area (Å²) < 4.78 is 46.1. The Morgan fingerprint density at radius 3 is 0.625 bits per heavy atom. The number of fused-ring (bicyclic) bond motifs is 8. The normalized spacial score (nSPS) is 11.8. The predicted octanol–water partition coefficient (Wildman–Crippen LogP) is 0.478. The van der Waals surface area contributed by atoms with E-state index in [1.54, 1.807) is 56.9 Å². The summed E-state index contributed by atoms with van der Waals surface area (Å²) in [6, 6.07) is 0. The Morgan fingerprint density at radius 1 is 0.300 bits per heavy atom. The minimum atomic E-state index is 0.487. The number of methoxy groups -OCH3 is 8. The molecule has 0 aliphatic carbocycles. The van der Waals surface area contributed by atoms with Crippen molar-refractivity contribution in [3.63, 3.8) is 0 Å². The molecular weight excluding hydrogens is 520 g/mol. The summed E-state index contributed by atoms with van der Waals surface area (Å²) in [5.74, 6) is 3.96. The maximum atomic E-state index is 5.78. The smallest absolute Gasteiger partial charge is 0.188 e. The summed E-state index contributed by atoms with van der Waals surface area (Å²) in [6.07, 6.45) is 7.39. The van der Waals surface area contributed by atoms with E-state index in [1.165, 1.54) is 0 Å². The fourth-order valence-corrected chi connectivity index (χ4v) is 5.03. The molecule has 212 valence electrons.